The summed E-state index contributed by atoms with van der Waals surface area (Å²) in [5.74, 6) is 0.281. The average molecular weight is 701 g/mol. The Morgan fingerprint density at radius 1 is 0.902 bits per heavy atom. The molecular formula is C39H52N6O6. The molecule has 5 rings (SSSR count). The number of benzene rings is 2. The van der Waals surface area contributed by atoms with E-state index in [1.807, 2.05) is 60.7 Å². The number of alkyl carbamates (subject to hydrolysis) is 1. The van der Waals surface area contributed by atoms with Gasteiger partial charge in [-0.05, 0) is 44.2 Å². The van der Waals surface area contributed by atoms with E-state index in [2.05, 4.69) is 20.6 Å². The number of aliphatic hydroxyl groups is 1. The molecule has 0 radical (unpaired) electrons. The third-order valence-corrected chi connectivity index (χ3v) is 8.94. The van der Waals surface area contributed by atoms with Gasteiger partial charge in [0.15, 0.2) is 0 Å². The number of imidazole rings is 2. The molecule has 2 aromatic carbocycles. The Hall–Kier alpha value is -4.52. The van der Waals surface area contributed by atoms with E-state index in [4.69, 9.17) is 14.2 Å². The number of amides is 2. The normalized spacial score (nSPS) is 15.5. The first kappa shape index (κ1) is 37.7. The lowest BCUT2D eigenvalue weighted by Crippen LogP contribution is -2.53. The van der Waals surface area contributed by atoms with Crippen LogP contribution in [0.2, 0.25) is 0 Å². The van der Waals surface area contributed by atoms with Crippen LogP contribution >= 0.6 is 0 Å². The van der Waals surface area contributed by atoms with Gasteiger partial charge in [0.1, 0.15) is 37.0 Å². The first-order valence-electron chi connectivity index (χ1n) is 17.9. The molecule has 1 aliphatic carbocycles. The van der Waals surface area contributed by atoms with E-state index < -0.39 is 35.8 Å². The van der Waals surface area contributed by atoms with Gasteiger partial charge in [-0.1, -0.05) is 92.8 Å². The van der Waals surface area contributed by atoms with Gasteiger partial charge in [-0.2, -0.15) is 0 Å². The summed E-state index contributed by atoms with van der Waals surface area (Å²) >= 11 is 0. The monoisotopic (exact) mass is 700 g/mol. The number of carbonyl (C=O) groups excluding carboxylic acids is 2. The van der Waals surface area contributed by atoms with E-state index in [0.717, 1.165) is 36.8 Å². The summed E-state index contributed by atoms with van der Waals surface area (Å²) in [5.41, 5.74) is 2.00. The van der Waals surface area contributed by atoms with Crippen LogP contribution in [0.25, 0.3) is 0 Å². The highest BCUT2D eigenvalue weighted by Crippen LogP contribution is 2.31. The molecule has 3 N–H and O–H groups in total. The van der Waals surface area contributed by atoms with Crippen LogP contribution in [0.5, 0.6) is 0 Å². The van der Waals surface area contributed by atoms with Gasteiger partial charge in [-0.3, -0.25) is 4.79 Å². The molecule has 2 amide bonds. The van der Waals surface area contributed by atoms with Gasteiger partial charge in [0.25, 0.3) is 0 Å². The van der Waals surface area contributed by atoms with Crippen molar-refractivity contribution in [2.45, 2.75) is 116 Å². The van der Waals surface area contributed by atoms with Crippen LogP contribution in [-0.4, -0.2) is 53.9 Å². The maximum Gasteiger partial charge on any atom is 0.408 e. The van der Waals surface area contributed by atoms with E-state index in [-0.39, 0.29) is 19.9 Å². The molecule has 12 nitrogen and oxygen atoms in total. The second-order valence-electron chi connectivity index (χ2n) is 14.2. The fraction of sp³-hybridized carbons (Fsp3) is 0.487. The summed E-state index contributed by atoms with van der Waals surface area (Å²) < 4.78 is 21.0. The molecule has 1 fully saturated rings. The van der Waals surface area contributed by atoms with Crippen LogP contribution < -0.4 is 10.6 Å². The molecule has 1 saturated carbocycles. The molecule has 274 valence electrons. The molecule has 0 aliphatic heterocycles. The van der Waals surface area contributed by atoms with Crippen molar-refractivity contribution >= 4 is 12.0 Å². The number of nitrogens with one attached hydrogen (secondary N) is 2. The number of hydrogen-bond donors (Lipinski definition) is 3. The molecular weight excluding hydrogens is 648 g/mol. The number of aromatic nitrogens is 4. The fourth-order valence-electron chi connectivity index (χ4n) is 6.38. The zero-order valence-electron chi connectivity index (χ0n) is 29.9. The molecule has 2 heterocycles. The number of nitrogens with zero attached hydrogens (tertiary/aromatic N) is 4. The zero-order chi connectivity index (χ0) is 36.1. The second kappa shape index (κ2) is 18.6. The molecule has 1 aliphatic rings. The third-order valence-electron chi connectivity index (χ3n) is 8.94. The van der Waals surface area contributed by atoms with E-state index >= 15 is 0 Å². The zero-order valence-corrected chi connectivity index (χ0v) is 29.9. The number of carbonyl (C=O) groups is 2. The first-order chi connectivity index (χ1) is 24.6. The smallest absolute Gasteiger partial charge is 0.408 e. The molecule has 0 unspecified atom stereocenters. The van der Waals surface area contributed by atoms with Crippen molar-refractivity contribution in [2.24, 2.45) is 5.92 Å². The largest absolute Gasteiger partial charge is 0.444 e. The van der Waals surface area contributed by atoms with Crippen LogP contribution in [-0.2, 0) is 52.1 Å². The summed E-state index contributed by atoms with van der Waals surface area (Å²) in [5, 5.41) is 17.8. The van der Waals surface area contributed by atoms with Crippen LogP contribution in [0.15, 0.2) is 85.6 Å². The van der Waals surface area contributed by atoms with Crippen molar-refractivity contribution < 1.29 is 28.9 Å². The lowest BCUT2D eigenvalue weighted by Gasteiger charge is -2.31. The van der Waals surface area contributed by atoms with Gasteiger partial charge in [0, 0.05) is 30.7 Å². The maximum absolute atomic E-state index is 14.2. The minimum atomic E-state index is -1.12. The van der Waals surface area contributed by atoms with Crippen LogP contribution in [0.3, 0.4) is 0 Å². The highest BCUT2D eigenvalue weighted by molar-refractivity contribution is 5.86. The predicted molar refractivity (Wildman–Crippen MR) is 192 cm³/mol. The minimum Gasteiger partial charge on any atom is -0.444 e. The van der Waals surface area contributed by atoms with Crippen molar-refractivity contribution in [2.75, 3.05) is 0 Å². The SMILES string of the molecule is CC(C)(C)OC(=O)N[C@@H](Cc1cncn1COCc1ccccc1)C(=O)N[C@@H](CC1CCCCC1)[C@@H](O)c1nccn1COCc1ccccc1. The molecule has 0 bridgehead atoms. The lowest BCUT2D eigenvalue weighted by atomic mass is 9.83. The van der Waals surface area contributed by atoms with E-state index in [1.165, 1.54) is 6.42 Å². The number of hydrogen-bond acceptors (Lipinski definition) is 8. The molecule has 51 heavy (non-hydrogen) atoms. The van der Waals surface area contributed by atoms with Gasteiger partial charge in [0.2, 0.25) is 5.91 Å². The number of aliphatic hydroxyl groups excluding tert-OH is 1. The van der Waals surface area contributed by atoms with Crippen LogP contribution in [0, 0.1) is 5.92 Å². The molecule has 3 atom stereocenters. The Bertz CT molecular complexity index is 1630. The van der Waals surface area contributed by atoms with E-state index in [1.54, 1.807) is 54.8 Å². The number of rotatable bonds is 17. The van der Waals surface area contributed by atoms with E-state index in [0.29, 0.717) is 37.1 Å². The van der Waals surface area contributed by atoms with Crippen LogP contribution in [0.1, 0.15) is 88.0 Å². The molecule has 0 saturated heterocycles. The minimum absolute atomic E-state index is 0.119. The Labute approximate surface area is 300 Å². The fourth-order valence-corrected chi connectivity index (χ4v) is 6.38. The van der Waals surface area contributed by atoms with Crippen molar-refractivity contribution in [3.05, 3.63) is 108 Å². The van der Waals surface area contributed by atoms with Crippen molar-refractivity contribution in [1.29, 1.82) is 0 Å². The summed E-state index contributed by atoms with van der Waals surface area (Å²) in [7, 11) is 0. The second-order valence-corrected chi connectivity index (χ2v) is 14.2. The maximum atomic E-state index is 14.2. The average Bonchev–Trinajstić information content (AvgIpc) is 3.77. The van der Waals surface area contributed by atoms with Gasteiger partial charge < -0.3 is 39.1 Å². The van der Waals surface area contributed by atoms with Gasteiger partial charge in [0.05, 0.1) is 25.6 Å². The first-order valence-corrected chi connectivity index (χ1v) is 17.9. The molecule has 2 aromatic heterocycles. The molecule has 12 heteroatoms. The Kier molecular flexibility index (Phi) is 13.8. The Balaban J connectivity index is 1.31. The van der Waals surface area contributed by atoms with Crippen LogP contribution in [0.4, 0.5) is 4.79 Å². The summed E-state index contributed by atoms with van der Waals surface area (Å²) in [6, 6.07) is 18.0. The summed E-state index contributed by atoms with van der Waals surface area (Å²) in [6.45, 7) is 6.51. The van der Waals surface area contributed by atoms with Crippen molar-refractivity contribution in [1.82, 2.24) is 29.7 Å². The van der Waals surface area contributed by atoms with Gasteiger partial charge in [-0.15, -0.1) is 0 Å². The van der Waals surface area contributed by atoms with Gasteiger partial charge in [-0.25, -0.2) is 14.8 Å². The highest BCUT2D eigenvalue weighted by Gasteiger charge is 2.33. The van der Waals surface area contributed by atoms with Crippen molar-refractivity contribution in [3.63, 3.8) is 0 Å². The van der Waals surface area contributed by atoms with Crippen molar-refractivity contribution in [3.8, 4) is 0 Å². The lowest BCUT2D eigenvalue weighted by molar-refractivity contribution is -0.125. The highest BCUT2D eigenvalue weighted by atomic mass is 16.6. The standard InChI is InChI=1S/C39H52N6O6/c1-39(2,3)51-38(48)43-34(22-32-23-40-26-45(32)28-50-25-31-17-11-6-12-18-31)37(47)42-33(21-29-13-7-4-8-14-29)35(46)36-41-19-20-44(36)27-49-24-30-15-9-5-10-16-30/h5-6,9-12,15-20,23,26,29,33-35,46H,4,7-8,13-14,21-22,24-25,27-28H2,1-3H3,(H,42,47)(H,43,48)/t33-,34-,35+/m0/s1. The Morgan fingerprint density at radius 2 is 1.53 bits per heavy atom. The number of ether oxygens (including phenoxy) is 3. The summed E-state index contributed by atoms with van der Waals surface area (Å²) in [6.07, 6.45) is 11.0. The third kappa shape index (κ3) is 12.0. The molecule has 0 spiro atoms. The van der Waals surface area contributed by atoms with Gasteiger partial charge >= 0.3 is 6.09 Å². The molecule has 4 aromatic rings. The van der Waals surface area contributed by atoms with E-state index in [9.17, 15) is 14.7 Å². The summed E-state index contributed by atoms with van der Waals surface area (Å²) in [4.78, 5) is 36.0. The Morgan fingerprint density at radius 3 is 2.16 bits per heavy atom. The quantitative estimate of drug-likeness (QED) is 0.121. The topological polar surface area (TPSA) is 142 Å². The predicted octanol–water partition coefficient (Wildman–Crippen LogP) is 6.05.